The Balaban J connectivity index is 1.23. The second-order valence-electron chi connectivity index (χ2n) is 10.9. The Kier molecular flexibility index (Phi) is 9.77. The van der Waals surface area contributed by atoms with Gasteiger partial charge in [-0.3, -0.25) is 4.79 Å². The van der Waals surface area contributed by atoms with Crippen molar-refractivity contribution in [2.24, 2.45) is 0 Å². The number of benzene rings is 4. The fourth-order valence-electron chi connectivity index (χ4n) is 5.43. The molecular weight excluding hydrogens is 704 g/mol. The van der Waals surface area contributed by atoms with Crippen molar-refractivity contribution in [1.82, 2.24) is 9.71 Å². The summed E-state index contributed by atoms with van der Waals surface area (Å²) in [4.78, 5) is 18.1. The number of hydrogen-bond acceptors (Lipinski definition) is 7. The van der Waals surface area contributed by atoms with Crippen molar-refractivity contribution in [3.05, 3.63) is 135 Å². The van der Waals surface area contributed by atoms with Gasteiger partial charge in [-0.2, -0.15) is 0 Å². The van der Waals surface area contributed by atoms with E-state index in [1.54, 1.807) is 24.3 Å². The summed E-state index contributed by atoms with van der Waals surface area (Å²) in [6.45, 7) is 0.816. The number of carbonyl (C=O) groups excluding carboxylic acids is 1. The molecule has 0 atom stereocenters. The van der Waals surface area contributed by atoms with Crippen LogP contribution < -0.4 is 9.46 Å². The van der Waals surface area contributed by atoms with Crippen LogP contribution >= 0.6 is 27.5 Å². The molecule has 1 aliphatic heterocycles. The number of hydrogen-bond donors (Lipinski definition) is 1. The number of sulfonamides is 1. The summed E-state index contributed by atoms with van der Waals surface area (Å²) in [6.07, 6.45) is 4.64. The molecule has 0 bridgehead atoms. The first-order chi connectivity index (χ1) is 22.6. The van der Waals surface area contributed by atoms with Gasteiger partial charge in [0.15, 0.2) is 5.79 Å². The summed E-state index contributed by atoms with van der Waals surface area (Å²) in [5.74, 6) is -1.40. The standard InChI is InChI=1S/C36H30BrClN2O6S/c1-44-31-14-8-25(33(23-31)35(41)40-47(42,43)32-15-9-28(37)10-16-32)17-18-36(45-19-20-46-36)27-4-2-3-24(21-27)5-12-30-13-7-26-6-11-29(38)22-34(26)39-30/h2-16,21-23H,17-20H2,1H3,(H,40,41)/b12-5+. The SMILES string of the molecule is COc1ccc(CCC2(c3cccc(/C=C/c4ccc5ccc(Cl)cc5n4)c3)OCCO2)c(C(=O)NS(=O)(=O)c2ccc(Br)cc2)c1. The lowest BCUT2D eigenvalue weighted by molar-refractivity contribution is -0.170. The van der Waals surface area contributed by atoms with Gasteiger partial charge >= 0.3 is 0 Å². The van der Waals surface area contributed by atoms with Crippen LogP contribution in [-0.2, 0) is 31.7 Å². The molecule has 2 heterocycles. The molecule has 1 N–H and O–H groups in total. The van der Waals surface area contributed by atoms with E-state index >= 15 is 0 Å². The molecule has 8 nitrogen and oxygen atoms in total. The summed E-state index contributed by atoms with van der Waals surface area (Å²) in [5.41, 5.74) is 4.16. The quantitative estimate of drug-likeness (QED) is 0.156. The average molecular weight is 734 g/mol. The first kappa shape index (κ1) is 32.9. The summed E-state index contributed by atoms with van der Waals surface area (Å²) < 4.78 is 46.7. The van der Waals surface area contributed by atoms with E-state index < -0.39 is 21.7 Å². The van der Waals surface area contributed by atoms with Crippen LogP contribution in [0.25, 0.3) is 23.1 Å². The molecule has 1 aliphatic rings. The van der Waals surface area contributed by atoms with Crippen LogP contribution in [0.15, 0.2) is 106 Å². The summed E-state index contributed by atoms with van der Waals surface area (Å²) in [5, 5.41) is 1.64. The molecule has 5 aromatic rings. The van der Waals surface area contributed by atoms with Crippen LogP contribution in [-0.4, -0.2) is 39.6 Å². The number of nitrogens with one attached hydrogen (secondary N) is 1. The fraction of sp³-hybridized carbons (Fsp3) is 0.167. The molecule has 0 aliphatic carbocycles. The second-order valence-corrected chi connectivity index (χ2v) is 13.9. The third kappa shape index (κ3) is 7.58. The number of carbonyl (C=O) groups is 1. The van der Waals surface area contributed by atoms with Crippen LogP contribution in [0.1, 0.15) is 39.2 Å². The third-order valence-electron chi connectivity index (χ3n) is 7.84. The number of aryl methyl sites for hydroxylation is 1. The van der Waals surface area contributed by atoms with Crippen LogP contribution in [0.3, 0.4) is 0 Å². The summed E-state index contributed by atoms with van der Waals surface area (Å²) in [7, 11) is -2.63. The number of pyridine rings is 1. The zero-order chi connectivity index (χ0) is 33.0. The Hall–Kier alpha value is -4.06. The topological polar surface area (TPSA) is 104 Å². The van der Waals surface area contributed by atoms with Gasteiger partial charge < -0.3 is 14.2 Å². The maximum atomic E-state index is 13.4. The Morgan fingerprint density at radius 2 is 1.74 bits per heavy atom. The van der Waals surface area contributed by atoms with Crippen LogP contribution in [0.4, 0.5) is 0 Å². The van der Waals surface area contributed by atoms with E-state index in [9.17, 15) is 13.2 Å². The van der Waals surface area contributed by atoms with Gasteiger partial charge in [0.1, 0.15) is 5.75 Å². The van der Waals surface area contributed by atoms with Crippen LogP contribution in [0, 0.1) is 0 Å². The number of halogens is 2. The number of aromatic nitrogens is 1. The lowest BCUT2D eigenvalue weighted by Gasteiger charge is -2.28. The van der Waals surface area contributed by atoms with Gasteiger partial charge in [-0.05, 0) is 84.3 Å². The Labute approximate surface area is 286 Å². The fourth-order valence-corrected chi connectivity index (χ4v) is 6.83. The molecule has 6 rings (SSSR count). The lowest BCUT2D eigenvalue weighted by Crippen LogP contribution is -2.32. The zero-order valence-corrected chi connectivity index (χ0v) is 28.4. The molecule has 1 amide bonds. The molecule has 0 unspecified atom stereocenters. The van der Waals surface area contributed by atoms with Gasteiger partial charge in [-0.15, -0.1) is 0 Å². The van der Waals surface area contributed by atoms with Gasteiger partial charge in [0.05, 0.1) is 36.4 Å². The van der Waals surface area contributed by atoms with E-state index in [-0.39, 0.29) is 10.5 Å². The Bertz CT molecular complexity index is 2080. The van der Waals surface area contributed by atoms with E-state index in [0.29, 0.717) is 42.4 Å². The molecule has 1 aromatic heterocycles. The number of fused-ring (bicyclic) bond motifs is 1. The summed E-state index contributed by atoms with van der Waals surface area (Å²) in [6, 6.07) is 28.5. The molecule has 11 heteroatoms. The molecule has 0 saturated carbocycles. The van der Waals surface area contributed by atoms with Crippen molar-refractivity contribution in [2.75, 3.05) is 20.3 Å². The molecule has 47 heavy (non-hydrogen) atoms. The minimum atomic E-state index is -4.12. The van der Waals surface area contributed by atoms with Gasteiger partial charge in [0.2, 0.25) is 0 Å². The molecule has 0 spiro atoms. The number of methoxy groups -OCH3 is 1. The van der Waals surface area contributed by atoms with Gasteiger partial charge in [0.25, 0.3) is 15.9 Å². The number of amides is 1. The maximum absolute atomic E-state index is 13.4. The van der Waals surface area contributed by atoms with Crippen molar-refractivity contribution in [3.8, 4) is 5.75 Å². The highest BCUT2D eigenvalue weighted by atomic mass is 79.9. The third-order valence-corrected chi connectivity index (χ3v) is 9.95. The zero-order valence-electron chi connectivity index (χ0n) is 25.3. The minimum absolute atomic E-state index is 0.0278. The van der Waals surface area contributed by atoms with Crippen molar-refractivity contribution < 1.29 is 27.4 Å². The number of nitrogens with zero attached hydrogens (tertiary/aromatic N) is 1. The second kappa shape index (κ2) is 14.0. The smallest absolute Gasteiger partial charge is 0.265 e. The molecule has 1 saturated heterocycles. The van der Waals surface area contributed by atoms with E-state index in [1.165, 1.54) is 25.3 Å². The van der Waals surface area contributed by atoms with Crippen molar-refractivity contribution in [3.63, 3.8) is 0 Å². The van der Waals surface area contributed by atoms with E-state index in [4.69, 9.17) is 30.8 Å². The minimum Gasteiger partial charge on any atom is -0.497 e. The van der Waals surface area contributed by atoms with E-state index in [1.807, 2.05) is 66.7 Å². The van der Waals surface area contributed by atoms with Gasteiger partial charge in [-0.1, -0.05) is 70.0 Å². The Morgan fingerprint density at radius 3 is 2.51 bits per heavy atom. The largest absolute Gasteiger partial charge is 0.497 e. The molecular formula is C36H30BrClN2O6S. The first-order valence-corrected chi connectivity index (χ1v) is 17.4. The average Bonchev–Trinajstić information content (AvgIpc) is 3.56. The monoisotopic (exact) mass is 732 g/mol. The number of rotatable bonds is 10. The Morgan fingerprint density at radius 1 is 0.979 bits per heavy atom. The van der Waals surface area contributed by atoms with Crippen molar-refractivity contribution in [2.45, 2.75) is 23.5 Å². The van der Waals surface area contributed by atoms with Crippen LogP contribution in [0.5, 0.6) is 5.75 Å². The predicted molar refractivity (Wildman–Crippen MR) is 186 cm³/mol. The summed E-state index contributed by atoms with van der Waals surface area (Å²) >= 11 is 9.46. The highest BCUT2D eigenvalue weighted by Gasteiger charge is 2.38. The predicted octanol–water partition coefficient (Wildman–Crippen LogP) is 7.78. The van der Waals surface area contributed by atoms with Gasteiger partial charge in [0, 0.05) is 32.4 Å². The first-order valence-electron chi connectivity index (χ1n) is 14.8. The van der Waals surface area contributed by atoms with Gasteiger partial charge in [-0.25, -0.2) is 18.1 Å². The molecule has 240 valence electrons. The highest BCUT2D eigenvalue weighted by Crippen LogP contribution is 2.37. The van der Waals surface area contributed by atoms with E-state index in [2.05, 4.69) is 20.7 Å². The van der Waals surface area contributed by atoms with E-state index in [0.717, 1.165) is 32.2 Å². The lowest BCUT2D eigenvalue weighted by atomic mass is 9.94. The molecule has 0 radical (unpaired) electrons. The molecule has 4 aromatic carbocycles. The highest BCUT2D eigenvalue weighted by molar-refractivity contribution is 9.10. The van der Waals surface area contributed by atoms with Crippen molar-refractivity contribution in [1.29, 1.82) is 0 Å². The normalized spacial score (nSPS) is 14.4. The van der Waals surface area contributed by atoms with Crippen molar-refractivity contribution >= 4 is 66.5 Å². The maximum Gasteiger partial charge on any atom is 0.265 e. The molecule has 1 fully saturated rings. The van der Waals surface area contributed by atoms with Crippen LogP contribution in [0.2, 0.25) is 5.02 Å². The number of ether oxygens (including phenoxy) is 3.